The first kappa shape index (κ1) is 21.1. The number of para-hydroxylation sites is 1. The molecule has 0 spiro atoms. The van der Waals surface area contributed by atoms with Gasteiger partial charge in [0.15, 0.2) is 0 Å². The van der Waals surface area contributed by atoms with E-state index in [0.717, 1.165) is 24.8 Å². The van der Waals surface area contributed by atoms with Crippen LogP contribution in [0.15, 0.2) is 83.8 Å². The Kier molecular flexibility index (Phi) is 6.04. The van der Waals surface area contributed by atoms with Crippen molar-refractivity contribution < 1.29 is 17.6 Å². The first-order valence-electron chi connectivity index (χ1n) is 10.2. The SMILES string of the molecule is O=C(c1cccc(S(=O)(=O)Nc2ccccc2F)c1)N1CCC[C@H]1Cc1ccccc1. The standard InChI is InChI=1S/C24H23FN2O3S/c25-22-13-4-5-14-23(22)26-31(29,30)21-12-6-10-19(17-21)24(28)27-15-7-11-20(27)16-18-8-2-1-3-9-18/h1-6,8-10,12-14,17,20,26H,7,11,15-16H2/t20-/m0/s1. The number of benzene rings is 3. The van der Waals surface area contributed by atoms with Gasteiger partial charge in [-0.05, 0) is 55.2 Å². The summed E-state index contributed by atoms with van der Waals surface area (Å²) in [5, 5.41) is 0. The second kappa shape index (κ2) is 8.89. The lowest BCUT2D eigenvalue weighted by atomic mass is 10.0. The summed E-state index contributed by atoms with van der Waals surface area (Å²) in [5.74, 6) is -0.861. The zero-order valence-electron chi connectivity index (χ0n) is 16.9. The van der Waals surface area contributed by atoms with E-state index < -0.39 is 15.8 Å². The molecule has 3 aromatic rings. The van der Waals surface area contributed by atoms with Crippen molar-refractivity contribution >= 4 is 21.6 Å². The molecule has 1 amide bonds. The monoisotopic (exact) mass is 438 g/mol. The predicted molar refractivity (Wildman–Crippen MR) is 118 cm³/mol. The number of rotatable bonds is 6. The first-order chi connectivity index (χ1) is 14.9. The van der Waals surface area contributed by atoms with E-state index in [1.807, 2.05) is 35.2 Å². The van der Waals surface area contributed by atoms with Crippen molar-refractivity contribution in [3.8, 4) is 0 Å². The molecule has 0 saturated carbocycles. The number of sulfonamides is 1. The van der Waals surface area contributed by atoms with E-state index in [-0.39, 0.29) is 22.5 Å². The van der Waals surface area contributed by atoms with Gasteiger partial charge in [-0.25, -0.2) is 12.8 Å². The number of nitrogens with zero attached hydrogens (tertiary/aromatic N) is 1. The van der Waals surface area contributed by atoms with Crippen molar-refractivity contribution in [2.45, 2.75) is 30.2 Å². The van der Waals surface area contributed by atoms with Crippen LogP contribution in [0.5, 0.6) is 0 Å². The number of likely N-dealkylation sites (tertiary alicyclic amines) is 1. The van der Waals surface area contributed by atoms with E-state index in [4.69, 9.17) is 0 Å². The molecule has 0 aromatic heterocycles. The van der Waals surface area contributed by atoms with Crippen LogP contribution in [-0.4, -0.2) is 31.8 Å². The third-order valence-corrected chi connectivity index (χ3v) is 6.82. The van der Waals surface area contributed by atoms with Crippen molar-refractivity contribution in [1.29, 1.82) is 0 Å². The van der Waals surface area contributed by atoms with Crippen LogP contribution in [-0.2, 0) is 16.4 Å². The molecule has 1 fully saturated rings. The van der Waals surface area contributed by atoms with Gasteiger partial charge in [0.1, 0.15) is 5.82 Å². The highest BCUT2D eigenvalue weighted by atomic mass is 32.2. The van der Waals surface area contributed by atoms with Crippen LogP contribution in [0.4, 0.5) is 10.1 Å². The molecule has 0 unspecified atom stereocenters. The number of hydrogen-bond donors (Lipinski definition) is 1. The van der Waals surface area contributed by atoms with Gasteiger partial charge in [0, 0.05) is 18.2 Å². The summed E-state index contributed by atoms with van der Waals surface area (Å²) < 4.78 is 41.6. The lowest BCUT2D eigenvalue weighted by Crippen LogP contribution is -2.36. The van der Waals surface area contributed by atoms with Crippen LogP contribution < -0.4 is 4.72 Å². The van der Waals surface area contributed by atoms with Crippen LogP contribution in [0.3, 0.4) is 0 Å². The highest BCUT2D eigenvalue weighted by Crippen LogP contribution is 2.25. The van der Waals surface area contributed by atoms with Gasteiger partial charge in [-0.3, -0.25) is 9.52 Å². The molecular weight excluding hydrogens is 415 g/mol. The third kappa shape index (κ3) is 4.77. The van der Waals surface area contributed by atoms with E-state index in [9.17, 15) is 17.6 Å². The molecule has 1 saturated heterocycles. The molecule has 4 rings (SSSR count). The van der Waals surface area contributed by atoms with Crippen LogP contribution in [0.2, 0.25) is 0 Å². The molecule has 7 heteroatoms. The average Bonchev–Trinajstić information content (AvgIpc) is 3.23. The van der Waals surface area contributed by atoms with Gasteiger partial charge >= 0.3 is 0 Å². The molecule has 0 radical (unpaired) electrons. The minimum Gasteiger partial charge on any atom is -0.335 e. The normalized spacial score (nSPS) is 16.3. The molecule has 1 heterocycles. The summed E-state index contributed by atoms with van der Waals surface area (Å²) in [5.41, 5.74) is 1.33. The van der Waals surface area contributed by atoms with Crippen LogP contribution in [0, 0.1) is 5.82 Å². The highest BCUT2D eigenvalue weighted by Gasteiger charge is 2.30. The molecular formula is C24H23FN2O3S. The lowest BCUT2D eigenvalue weighted by Gasteiger charge is -2.25. The average molecular weight is 439 g/mol. The zero-order chi connectivity index (χ0) is 21.8. The molecule has 160 valence electrons. The smallest absolute Gasteiger partial charge is 0.262 e. The highest BCUT2D eigenvalue weighted by molar-refractivity contribution is 7.92. The van der Waals surface area contributed by atoms with E-state index in [1.54, 1.807) is 12.1 Å². The summed E-state index contributed by atoms with van der Waals surface area (Å²) in [6.45, 7) is 0.640. The second-order valence-electron chi connectivity index (χ2n) is 7.60. The lowest BCUT2D eigenvalue weighted by molar-refractivity contribution is 0.0736. The van der Waals surface area contributed by atoms with Crippen LogP contribution in [0.1, 0.15) is 28.8 Å². The molecule has 3 aromatic carbocycles. The molecule has 1 aliphatic rings. The van der Waals surface area contributed by atoms with Gasteiger partial charge in [0.05, 0.1) is 10.6 Å². The largest absolute Gasteiger partial charge is 0.335 e. The number of anilines is 1. The van der Waals surface area contributed by atoms with Gasteiger partial charge in [-0.15, -0.1) is 0 Å². The molecule has 1 aliphatic heterocycles. The molecule has 31 heavy (non-hydrogen) atoms. The van der Waals surface area contributed by atoms with Crippen molar-refractivity contribution in [3.05, 3.63) is 95.8 Å². The Bertz CT molecular complexity index is 1180. The predicted octanol–water partition coefficient (Wildman–Crippen LogP) is 4.47. The number of carbonyl (C=O) groups excluding carboxylic acids is 1. The Balaban J connectivity index is 1.54. The van der Waals surface area contributed by atoms with E-state index in [2.05, 4.69) is 4.72 Å². The summed E-state index contributed by atoms with van der Waals surface area (Å²) in [4.78, 5) is 14.9. The van der Waals surface area contributed by atoms with E-state index in [1.165, 1.54) is 36.4 Å². The Morgan fingerprint density at radius 2 is 1.74 bits per heavy atom. The molecule has 0 aliphatic carbocycles. The summed E-state index contributed by atoms with van der Waals surface area (Å²) in [6.07, 6.45) is 2.59. The minimum atomic E-state index is -4.04. The Hall–Kier alpha value is -3.19. The summed E-state index contributed by atoms with van der Waals surface area (Å²) in [6, 6.07) is 21.5. The van der Waals surface area contributed by atoms with Crippen molar-refractivity contribution in [2.75, 3.05) is 11.3 Å². The molecule has 1 atom stereocenters. The van der Waals surface area contributed by atoms with E-state index >= 15 is 0 Å². The zero-order valence-corrected chi connectivity index (χ0v) is 17.7. The van der Waals surface area contributed by atoms with Crippen LogP contribution in [0.25, 0.3) is 0 Å². The molecule has 0 bridgehead atoms. The van der Waals surface area contributed by atoms with Gasteiger partial charge in [0.25, 0.3) is 15.9 Å². The van der Waals surface area contributed by atoms with Gasteiger partial charge in [0.2, 0.25) is 0 Å². The quantitative estimate of drug-likeness (QED) is 0.617. The fourth-order valence-electron chi connectivity index (χ4n) is 3.91. The van der Waals surface area contributed by atoms with Gasteiger partial charge in [-0.1, -0.05) is 48.5 Å². The van der Waals surface area contributed by atoms with E-state index in [0.29, 0.717) is 12.1 Å². The Morgan fingerprint density at radius 3 is 2.52 bits per heavy atom. The van der Waals surface area contributed by atoms with Gasteiger partial charge in [-0.2, -0.15) is 0 Å². The number of halogens is 1. The maximum absolute atomic E-state index is 13.9. The number of carbonyl (C=O) groups is 1. The fraction of sp³-hybridized carbons (Fsp3) is 0.208. The Labute approximate surface area is 181 Å². The fourth-order valence-corrected chi connectivity index (χ4v) is 5.02. The number of amides is 1. The van der Waals surface area contributed by atoms with Crippen molar-refractivity contribution in [3.63, 3.8) is 0 Å². The van der Waals surface area contributed by atoms with Crippen molar-refractivity contribution in [1.82, 2.24) is 4.90 Å². The summed E-state index contributed by atoms with van der Waals surface area (Å²) in [7, 11) is -4.04. The number of hydrogen-bond acceptors (Lipinski definition) is 3. The van der Waals surface area contributed by atoms with Gasteiger partial charge < -0.3 is 4.90 Å². The molecule has 1 N–H and O–H groups in total. The van der Waals surface area contributed by atoms with Crippen molar-refractivity contribution in [2.24, 2.45) is 0 Å². The molecule has 5 nitrogen and oxygen atoms in total. The first-order valence-corrected chi connectivity index (χ1v) is 11.6. The maximum Gasteiger partial charge on any atom is 0.262 e. The van der Waals surface area contributed by atoms with Crippen LogP contribution >= 0.6 is 0 Å². The third-order valence-electron chi connectivity index (χ3n) is 5.46. The number of nitrogens with one attached hydrogen (secondary N) is 1. The second-order valence-corrected chi connectivity index (χ2v) is 9.28. The Morgan fingerprint density at radius 1 is 1.00 bits per heavy atom. The summed E-state index contributed by atoms with van der Waals surface area (Å²) >= 11 is 0. The minimum absolute atomic E-state index is 0.0757. The maximum atomic E-state index is 13.9. The topological polar surface area (TPSA) is 66.5 Å².